The van der Waals surface area contributed by atoms with Crippen LogP contribution in [0.4, 0.5) is 0 Å². The summed E-state index contributed by atoms with van der Waals surface area (Å²) in [6.07, 6.45) is 2.40. The molecular weight excluding hydrogens is 464 g/mol. The number of carboxylic acid groups (broad SMARTS) is 1. The fourth-order valence-corrected chi connectivity index (χ4v) is 2.48. The van der Waals surface area contributed by atoms with Crippen molar-refractivity contribution in [1.82, 2.24) is 10.6 Å². The third-order valence-electron chi connectivity index (χ3n) is 3.81. The largest absolute Gasteiger partial charge is 0.480 e. The first-order valence-electron chi connectivity index (χ1n) is 10.00. The lowest BCUT2D eigenvalue weighted by Crippen LogP contribution is -2.42. The zero-order valence-corrected chi connectivity index (χ0v) is 19.0. The Morgan fingerprint density at radius 2 is 1.67 bits per heavy atom. The fourth-order valence-electron chi connectivity index (χ4n) is 2.29. The van der Waals surface area contributed by atoms with Gasteiger partial charge in [0.2, 0.25) is 11.8 Å². The van der Waals surface area contributed by atoms with Gasteiger partial charge in [-0.15, -0.1) is 0 Å². The van der Waals surface area contributed by atoms with Crippen molar-refractivity contribution >= 4 is 39.5 Å². The van der Waals surface area contributed by atoms with E-state index in [-0.39, 0.29) is 49.9 Å². The molecule has 0 aliphatic heterocycles. The monoisotopic (exact) mass is 496 g/mol. The molecule has 0 aliphatic rings. The molecule has 30 heavy (non-hydrogen) atoms. The maximum atomic E-state index is 11.8. The summed E-state index contributed by atoms with van der Waals surface area (Å²) in [5.41, 5.74) is 0. The van der Waals surface area contributed by atoms with Crippen LogP contribution in [0.3, 0.4) is 0 Å². The van der Waals surface area contributed by atoms with Crippen LogP contribution < -0.4 is 10.6 Å². The standard InChI is InChI=1S/C19H33BrN2O8/c1-2-28-13-15(23)6-5-9-29-10-11-30-14-18(25)22-16(19(26)27)7-3-4-8-21-17(24)12-20/h16H,2-14H2,1H3,(H,21,24)(H,22,25)(H,26,27)/t16-/m0/s1. The topological polar surface area (TPSA) is 140 Å². The molecule has 0 saturated heterocycles. The Morgan fingerprint density at radius 1 is 0.933 bits per heavy atom. The number of ketones is 1. The second-order valence-electron chi connectivity index (χ2n) is 6.38. The number of carboxylic acids is 1. The summed E-state index contributed by atoms with van der Waals surface area (Å²) in [6, 6.07) is -1.00. The first-order chi connectivity index (χ1) is 14.4. The van der Waals surface area contributed by atoms with Crippen LogP contribution in [0.5, 0.6) is 0 Å². The third-order valence-corrected chi connectivity index (χ3v) is 4.32. The number of rotatable bonds is 20. The maximum Gasteiger partial charge on any atom is 0.326 e. The van der Waals surface area contributed by atoms with E-state index in [1.807, 2.05) is 6.92 Å². The molecule has 0 spiro atoms. The summed E-state index contributed by atoms with van der Waals surface area (Å²) in [5.74, 6) is -1.73. The van der Waals surface area contributed by atoms with Gasteiger partial charge in [-0.25, -0.2) is 4.79 Å². The number of unbranched alkanes of at least 4 members (excludes halogenated alkanes) is 1. The predicted octanol–water partition coefficient (Wildman–Crippen LogP) is 0.656. The molecule has 10 nitrogen and oxygen atoms in total. The average molecular weight is 497 g/mol. The van der Waals surface area contributed by atoms with Crippen LogP contribution >= 0.6 is 15.9 Å². The first-order valence-corrected chi connectivity index (χ1v) is 11.1. The van der Waals surface area contributed by atoms with Gasteiger partial charge in [-0.2, -0.15) is 0 Å². The van der Waals surface area contributed by atoms with E-state index in [0.29, 0.717) is 45.4 Å². The third kappa shape index (κ3) is 17.3. The van der Waals surface area contributed by atoms with Crippen LogP contribution in [0.25, 0.3) is 0 Å². The van der Waals surface area contributed by atoms with Crippen LogP contribution in [-0.2, 0) is 33.4 Å². The van der Waals surface area contributed by atoms with Crippen molar-refractivity contribution in [3.63, 3.8) is 0 Å². The molecule has 0 bridgehead atoms. The fraction of sp³-hybridized carbons (Fsp3) is 0.789. The summed E-state index contributed by atoms with van der Waals surface area (Å²) >= 11 is 3.03. The number of aliphatic carboxylic acids is 1. The Hall–Kier alpha value is -1.56. The van der Waals surface area contributed by atoms with Crippen molar-refractivity contribution in [3.05, 3.63) is 0 Å². The average Bonchev–Trinajstić information content (AvgIpc) is 2.72. The van der Waals surface area contributed by atoms with E-state index >= 15 is 0 Å². The van der Waals surface area contributed by atoms with Crippen molar-refractivity contribution in [2.75, 3.05) is 51.5 Å². The van der Waals surface area contributed by atoms with E-state index in [1.54, 1.807) is 0 Å². The summed E-state index contributed by atoms with van der Waals surface area (Å²) in [7, 11) is 0. The molecule has 11 heteroatoms. The quantitative estimate of drug-likeness (QED) is 0.165. The van der Waals surface area contributed by atoms with Crippen LogP contribution in [0.2, 0.25) is 0 Å². The summed E-state index contributed by atoms with van der Waals surface area (Å²) in [6.45, 7) is 3.52. The molecule has 0 aliphatic carbocycles. The van der Waals surface area contributed by atoms with Crippen LogP contribution in [0.15, 0.2) is 0 Å². The number of alkyl halides is 1. The molecule has 2 amide bonds. The minimum Gasteiger partial charge on any atom is -0.480 e. The Bertz CT molecular complexity index is 519. The van der Waals surface area contributed by atoms with E-state index < -0.39 is 17.9 Å². The van der Waals surface area contributed by atoms with Gasteiger partial charge in [0.15, 0.2) is 5.78 Å². The second kappa shape index (κ2) is 19.4. The smallest absolute Gasteiger partial charge is 0.326 e. The second-order valence-corrected chi connectivity index (χ2v) is 6.94. The predicted molar refractivity (Wildman–Crippen MR) is 113 cm³/mol. The maximum absolute atomic E-state index is 11.8. The SMILES string of the molecule is CCOCC(=O)CCCOCCOCC(=O)N[C@@H](CCCCNC(=O)CBr)C(=O)O. The molecule has 0 unspecified atom stereocenters. The van der Waals surface area contributed by atoms with Crippen LogP contribution in [0, 0.1) is 0 Å². The molecule has 0 aromatic carbocycles. The number of amides is 2. The highest BCUT2D eigenvalue weighted by molar-refractivity contribution is 9.09. The van der Waals surface area contributed by atoms with Gasteiger partial charge in [0.1, 0.15) is 19.3 Å². The molecule has 174 valence electrons. The van der Waals surface area contributed by atoms with Gasteiger partial charge in [-0.3, -0.25) is 14.4 Å². The Kier molecular flexibility index (Phi) is 18.4. The molecule has 0 aromatic heterocycles. The molecule has 0 radical (unpaired) electrons. The lowest BCUT2D eigenvalue weighted by molar-refractivity contribution is -0.142. The minimum atomic E-state index is -1.12. The zero-order valence-electron chi connectivity index (χ0n) is 17.5. The van der Waals surface area contributed by atoms with Crippen molar-refractivity contribution in [2.24, 2.45) is 0 Å². The highest BCUT2D eigenvalue weighted by Gasteiger charge is 2.19. The van der Waals surface area contributed by atoms with E-state index in [0.717, 1.165) is 0 Å². The van der Waals surface area contributed by atoms with Crippen molar-refractivity contribution in [1.29, 1.82) is 0 Å². The van der Waals surface area contributed by atoms with Crippen LogP contribution in [-0.4, -0.2) is 86.2 Å². The number of halogens is 1. The molecule has 0 fully saturated rings. The summed E-state index contributed by atoms with van der Waals surface area (Å²) in [5, 5.41) is 14.5. The lowest BCUT2D eigenvalue weighted by atomic mass is 10.1. The summed E-state index contributed by atoms with van der Waals surface area (Å²) in [4.78, 5) is 45.5. The molecule has 0 rings (SSSR count). The minimum absolute atomic E-state index is 0.0324. The Balaban J connectivity index is 3.74. The molecular formula is C19H33BrN2O8. The number of ether oxygens (including phenoxy) is 3. The molecule has 0 saturated carbocycles. The number of Topliss-reactive ketones (excluding diaryl/α,β-unsaturated/α-hetero) is 1. The number of hydrogen-bond acceptors (Lipinski definition) is 7. The van der Waals surface area contributed by atoms with Crippen molar-refractivity contribution < 1.29 is 38.5 Å². The molecule has 3 N–H and O–H groups in total. The van der Waals surface area contributed by atoms with Gasteiger partial charge in [0, 0.05) is 26.2 Å². The number of carbonyl (C=O) groups is 4. The first kappa shape index (κ1) is 28.4. The lowest BCUT2D eigenvalue weighted by Gasteiger charge is -2.14. The zero-order chi connectivity index (χ0) is 22.6. The van der Waals surface area contributed by atoms with Gasteiger partial charge in [0.25, 0.3) is 0 Å². The Morgan fingerprint density at radius 3 is 2.33 bits per heavy atom. The van der Waals surface area contributed by atoms with E-state index in [2.05, 4.69) is 26.6 Å². The molecule has 1 atom stereocenters. The van der Waals surface area contributed by atoms with Crippen LogP contribution in [0.1, 0.15) is 39.0 Å². The number of nitrogens with one attached hydrogen (secondary N) is 2. The number of carbonyl (C=O) groups excluding carboxylic acids is 3. The van der Waals surface area contributed by atoms with E-state index in [9.17, 15) is 24.3 Å². The van der Waals surface area contributed by atoms with E-state index in [1.165, 1.54) is 0 Å². The van der Waals surface area contributed by atoms with E-state index in [4.69, 9.17) is 14.2 Å². The van der Waals surface area contributed by atoms with Gasteiger partial charge < -0.3 is 30.0 Å². The normalized spacial score (nSPS) is 11.7. The van der Waals surface area contributed by atoms with Gasteiger partial charge in [0.05, 0.1) is 18.5 Å². The highest BCUT2D eigenvalue weighted by Crippen LogP contribution is 2.01. The summed E-state index contributed by atoms with van der Waals surface area (Å²) < 4.78 is 15.5. The Labute approximate surface area is 185 Å². The van der Waals surface area contributed by atoms with Gasteiger partial charge >= 0.3 is 5.97 Å². The van der Waals surface area contributed by atoms with Gasteiger partial charge in [-0.05, 0) is 32.6 Å². The highest BCUT2D eigenvalue weighted by atomic mass is 79.9. The van der Waals surface area contributed by atoms with Crippen molar-refractivity contribution in [2.45, 2.75) is 45.1 Å². The van der Waals surface area contributed by atoms with Crippen molar-refractivity contribution in [3.8, 4) is 0 Å². The molecule has 0 aromatic rings. The molecule has 0 heterocycles. The number of hydrogen-bond donors (Lipinski definition) is 3. The van der Waals surface area contributed by atoms with Gasteiger partial charge in [-0.1, -0.05) is 15.9 Å².